The number of aryl methyl sites for hydroxylation is 1. The van der Waals surface area contributed by atoms with Gasteiger partial charge in [0.1, 0.15) is 11.6 Å². The van der Waals surface area contributed by atoms with E-state index in [-0.39, 0.29) is 11.8 Å². The Labute approximate surface area is 118 Å². The molecule has 1 aromatic heterocycles. The molecule has 0 unspecified atom stereocenters. The van der Waals surface area contributed by atoms with Gasteiger partial charge in [-0.25, -0.2) is 4.37 Å². The lowest BCUT2D eigenvalue weighted by molar-refractivity contribution is 0.0476. The average molecular weight is 294 g/mol. The molecular formula is C13H11FN2OS2. The van der Waals surface area contributed by atoms with Gasteiger partial charge in [-0.3, -0.25) is 0 Å². The summed E-state index contributed by atoms with van der Waals surface area (Å²) in [5.74, 6) is 1.16. The van der Waals surface area contributed by atoms with Gasteiger partial charge in [-0.15, -0.1) is 11.8 Å². The summed E-state index contributed by atoms with van der Waals surface area (Å²) in [5.41, 5.74) is 2.03. The van der Waals surface area contributed by atoms with Crippen molar-refractivity contribution in [2.24, 2.45) is 0 Å². The lowest BCUT2D eigenvalue weighted by atomic mass is 10.1. The molecule has 0 spiro atoms. The summed E-state index contributed by atoms with van der Waals surface area (Å²) >= 11 is 2.78. The summed E-state index contributed by atoms with van der Waals surface area (Å²) in [6.07, 6.45) is 1.82. The maximum atomic E-state index is 13.4. The molecule has 1 aromatic carbocycles. The standard InChI is InChI=1S/C13H11FN2OS2/c1-9-6-15-19-13(9)10-4-2-3-5-11(10)17-12-7-18-8-16(12)14/h2-7H,8H2,1H3. The molecule has 0 aliphatic carbocycles. The highest BCUT2D eigenvalue weighted by Crippen LogP contribution is 2.37. The quantitative estimate of drug-likeness (QED) is 0.793. The minimum Gasteiger partial charge on any atom is -0.437 e. The molecule has 6 heteroatoms. The number of hydrogen-bond acceptors (Lipinski definition) is 5. The largest absolute Gasteiger partial charge is 0.437 e. The molecule has 1 aliphatic rings. The van der Waals surface area contributed by atoms with Crippen LogP contribution in [0.15, 0.2) is 41.8 Å². The van der Waals surface area contributed by atoms with Gasteiger partial charge in [-0.05, 0) is 36.2 Å². The van der Waals surface area contributed by atoms with Gasteiger partial charge < -0.3 is 4.74 Å². The van der Waals surface area contributed by atoms with Crippen molar-refractivity contribution in [3.63, 3.8) is 0 Å². The van der Waals surface area contributed by atoms with Gasteiger partial charge in [0.2, 0.25) is 5.88 Å². The molecule has 3 nitrogen and oxygen atoms in total. The van der Waals surface area contributed by atoms with E-state index in [2.05, 4.69) is 4.37 Å². The van der Waals surface area contributed by atoms with Crippen molar-refractivity contribution in [3.8, 4) is 16.2 Å². The first kappa shape index (κ1) is 12.5. The first-order valence-electron chi connectivity index (χ1n) is 5.69. The number of hydrogen-bond donors (Lipinski definition) is 0. The van der Waals surface area contributed by atoms with Crippen LogP contribution in [0.5, 0.6) is 5.75 Å². The summed E-state index contributed by atoms with van der Waals surface area (Å²) < 4.78 is 23.3. The van der Waals surface area contributed by atoms with Gasteiger partial charge in [0.15, 0.2) is 0 Å². The topological polar surface area (TPSA) is 25.4 Å². The summed E-state index contributed by atoms with van der Waals surface area (Å²) in [7, 11) is 0. The van der Waals surface area contributed by atoms with E-state index < -0.39 is 0 Å². The zero-order chi connectivity index (χ0) is 13.2. The third-order valence-electron chi connectivity index (χ3n) is 2.71. The van der Waals surface area contributed by atoms with Crippen LogP contribution >= 0.6 is 23.3 Å². The van der Waals surface area contributed by atoms with Crippen molar-refractivity contribution in [1.82, 2.24) is 9.50 Å². The Morgan fingerprint density at radius 2 is 2.21 bits per heavy atom. The Kier molecular flexibility index (Phi) is 3.44. The summed E-state index contributed by atoms with van der Waals surface area (Å²) in [5, 5.41) is 2.28. The van der Waals surface area contributed by atoms with Crippen LogP contribution in [-0.4, -0.2) is 15.4 Å². The number of benzene rings is 1. The zero-order valence-corrected chi connectivity index (χ0v) is 11.8. The molecule has 0 bridgehead atoms. The van der Waals surface area contributed by atoms with Crippen LogP contribution in [-0.2, 0) is 0 Å². The van der Waals surface area contributed by atoms with Crippen LogP contribution < -0.4 is 4.74 Å². The van der Waals surface area contributed by atoms with Crippen molar-refractivity contribution in [2.75, 3.05) is 5.88 Å². The maximum Gasteiger partial charge on any atom is 0.231 e. The number of thioether (sulfide) groups is 1. The fraction of sp³-hybridized carbons (Fsp3) is 0.154. The molecule has 0 N–H and O–H groups in total. The molecule has 0 fully saturated rings. The van der Waals surface area contributed by atoms with Crippen LogP contribution in [0.3, 0.4) is 0 Å². The highest BCUT2D eigenvalue weighted by atomic mass is 32.2. The van der Waals surface area contributed by atoms with Crippen molar-refractivity contribution < 1.29 is 9.22 Å². The minimum atomic E-state index is 0.236. The average Bonchev–Trinajstić information content (AvgIpc) is 3.00. The van der Waals surface area contributed by atoms with Gasteiger partial charge in [0, 0.05) is 17.2 Å². The third kappa shape index (κ3) is 2.46. The molecule has 0 radical (unpaired) electrons. The molecule has 3 rings (SSSR count). The minimum absolute atomic E-state index is 0.236. The number of aromatic nitrogens is 1. The second-order valence-electron chi connectivity index (χ2n) is 4.05. The fourth-order valence-electron chi connectivity index (χ4n) is 1.77. The van der Waals surface area contributed by atoms with Gasteiger partial charge >= 0.3 is 0 Å². The van der Waals surface area contributed by atoms with Crippen molar-refractivity contribution >= 4 is 23.3 Å². The van der Waals surface area contributed by atoms with Crippen molar-refractivity contribution in [3.05, 3.63) is 47.3 Å². The highest BCUT2D eigenvalue weighted by molar-refractivity contribution is 8.02. The Morgan fingerprint density at radius 1 is 1.37 bits per heavy atom. The van der Waals surface area contributed by atoms with Gasteiger partial charge in [0.05, 0.1) is 4.88 Å². The van der Waals surface area contributed by atoms with Crippen LogP contribution in [0.4, 0.5) is 4.48 Å². The molecule has 2 heterocycles. The second kappa shape index (κ2) is 5.22. The number of para-hydroxylation sites is 1. The zero-order valence-electron chi connectivity index (χ0n) is 10.2. The number of nitrogens with zero attached hydrogens (tertiary/aromatic N) is 2. The van der Waals surface area contributed by atoms with E-state index in [9.17, 15) is 4.48 Å². The molecule has 0 amide bonds. The summed E-state index contributed by atoms with van der Waals surface area (Å²) in [4.78, 5) is 1.05. The Balaban J connectivity index is 1.96. The van der Waals surface area contributed by atoms with Crippen molar-refractivity contribution in [1.29, 1.82) is 0 Å². The summed E-state index contributed by atoms with van der Waals surface area (Å²) in [6, 6.07) is 7.61. The van der Waals surface area contributed by atoms with Gasteiger partial charge in [-0.1, -0.05) is 16.6 Å². The Hall–Kier alpha value is -1.53. The van der Waals surface area contributed by atoms with Gasteiger partial charge in [0.25, 0.3) is 0 Å². The maximum absolute atomic E-state index is 13.4. The smallest absolute Gasteiger partial charge is 0.231 e. The van der Waals surface area contributed by atoms with E-state index in [4.69, 9.17) is 4.74 Å². The monoisotopic (exact) mass is 294 g/mol. The predicted molar refractivity (Wildman–Crippen MR) is 76.4 cm³/mol. The van der Waals surface area contributed by atoms with E-state index in [1.54, 1.807) is 5.41 Å². The van der Waals surface area contributed by atoms with Crippen LogP contribution in [0.25, 0.3) is 10.4 Å². The fourth-order valence-corrected chi connectivity index (χ4v) is 3.19. The first-order chi connectivity index (χ1) is 9.25. The van der Waals surface area contributed by atoms with Crippen LogP contribution in [0, 0.1) is 6.92 Å². The first-order valence-corrected chi connectivity index (χ1v) is 7.51. The second-order valence-corrected chi connectivity index (χ2v) is 5.68. The van der Waals surface area contributed by atoms with E-state index >= 15 is 0 Å². The number of ether oxygens (including phenoxy) is 1. The third-order valence-corrected chi connectivity index (χ3v) is 4.39. The van der Waals surface area contributed by atoms with E-state index in [0.717, 1.165) is 16.0 Å². The van der Waals surface area contributed by atoms with Crippen LogP contribution in [0.2, 0.25) is 0 Å². The molecular weight excluding hydrogens is 283 g/mol. The number of halogens is 1. The van der Waals surface area contributed by atoms with E-state index in [0.29, 0.717) is 10.9 Å². The lowest BCUT2D eigenvalue weighted by Gasteiger charge is -2.14. The Morgan fingerprint density at radius 3 is 2.89 bits per heavy atom. The molecule has 1 aliphatic heterocycles. The highest BCUT2D eigenvalue weighted by Gasteiger charge is 2.19. The predicted octanol–water partition coefficient (Wildman–Crippen LogP) is 4.19. The molecule has 2 aromatic rings. The normalized spacial score (nSPS) is 14.6. The molecule has 0 saturated carbocycles. The van der Waals surface area contributed by atoms with Crippen LogP contribution in [0.1, 0.15) is 5.56 Å². The summed E-state index contributed by atoms with van der Waals surface area (Å²) in [6.45, 7) is 2.00. The van der Waals surface area contributed by atoms with E-state index in [1.165, 1.54) is 23.3 Å². The van der Waals surface area contributed by atoms with E-state index in [1.807, 2.05) is 37.4 Å². The molecule has 0 saturated heterocycles. The SMILES string of the molecule is Cc1cnsc1-c1ccccc1OC1=CSCN1F. The molecule has 98 valence electrons. The Bertz CT molecular complexity index is 627. The molecule has 19 heavy (non-hydrogen) atoms. The number of rotatable bonds is 3. The van der Waals surface area contributed by atoms with Gasteiger partial charge in [-0.2, -0.15) is 5.12 Å². The van der Waals surface area contributed by atoms with Crippen molar-refractivity contribution in [2.45, 2.75) is 6.92 Å². The molecule has 0 atom stereocenters. The lowest BCUT2D eigenvalue weighted by Crippen LogP contribution is -2.12.